The third kappa shape index (κ3) is 3.77. The van der Waals surface area contributed by atoms with E-state index in [0.717, 1.165) is 43.3 Å². The SMILES string of the molecule is C/C=C(/CC[C@@H](C)C1CCC2C3=CCC4[C@H](C=O)[C@@H](O)CC[C@]4(C)C3CC[C@@]21C)C(C)C. The molecule has 0 bridgehead atoms. The van der Waals surface area contributed by atoms with Gasteiger partial charge in [-0.3, -0.25) is 0 Å². The van der Waals surface area contributed by atoms with Crippen molar-refractivity contribution in [2.75, 3.05) is 0 Å². The number of hydrogen-bond donors (Lipinski definition) is 1. The number of hydrogen-bond acceptors (Lipinski definition) is 2. The maximum atomic E-state index is 11.9. The molecule has 4 rings (SSSR count). The fourth-order valence-corrected chi connectivity index (χ4v) is 9.18. The second-order valence-corrected chi connectivity index (χ2v) is 12.7. The highest BCUT2D eigenvalue weighted by molar-refractivity contribution is 5.56. The van der Waals surface area contributed by atoms with Crippen molar-refractivity contribution in [1.82, 2.24) is 0 Å². The maximum Gasteiger partial charge on any atom is 0.125 e. The minimum Gasteiger partial charge on any atom is -0.392 e. The normalized spacial score (nSPS) is 45.0. The van der Waals surface area contributed by atoms with Crippen molar-refractivity contribution in [2.24, 2.45) is 52.3 Å². The van der Waals surface area contributed by atoms with Crippen molar-refractivity contribution in [2.45, 2.75) is 105 Å². The summed E-state index contributed by atoms with van der Waals surface area (Å²) >= 11 is 0. The molecule has 0 saturated heterocycles. The summed E-state index contributed by atoms with van der Waals surface area (Å²) in [6.07, 6.45) is 16.4. The second-order valence-electron chi connectivity index (χ2n) is 12.7. The first-order valence-corrected chi connectivity index (χ1v) is 13.7. The van der Waals surface area contributed by atoms with Crippen LogP contribution in [-0.2, 0) is 4.79 Å². The van der Waals surface area contributed by atoms with Crippen LogP contribution in [0.3, 0.4) is 0 Å². The van der Waals surface area contributed by atoms with Gasteiger partial charge in [0.05, 0.1) is 6.10 Å². The number of carbonyl (C=O) groups is 1. The Labute approximate surface area is 197 Å². The largest absolute Gasteiger partial charge is 0.392 e. The van der Waals surface area contributed by atoms with Gasteiger partial charge in [-0.25, -0.2) is 0 Å². The number of carbonyl (C=O) groups excluding carboxylic acids is 1. The van der Waals surface area contributed by atoms with E-state index in [1.165, 1.54) is 38.5 Å². The van der Waals surface area contributed by atoms with Crippen LogP contribution in [0.5, 0.6) is 0 Å². The van der Waals surface area contributed by atoms with E-state index in [2.05, 4.69) is 53.7 Å². The zero-order valence-corrected chi connectivity index (χ0v) is 21.6. The lowest BCUT2D eigenvalue weighted by Crippen LogP contribution is -2.53. The van der Waals surface area contributed by atoms with Crippen LogP contribution in [0.15, 0.2) is 23.3 Å². The van der Waals surface area contributed by atoms with Crippen LogP contribution in [0, 0.1) is 52.3 Å². The third-order valence-electron chi connectivity index (χ3n) is 11.2. The van der Waals surface area contributed by atoms with Crippen LogP contribution in [0.2, 0.25) is 0 Å². The highest BCUT2D eigenvalue weighted by Crippen LogP contribution is 2.67. The standard InChI is InChI=1S/C30H48O2/c1-7-21(19(2)3)9-8-20(4)24-12-13-25-22-10-11-26-23(18-31)28(32)15-17-30(26,6)27(22)14-16-29(24,25)5/h7,10,18-20,23-28,32H,8-9,11-17H2,1-6H3/b21-7-/t20-,23+,24?,25?,26?,27?,28+,29-,30+/m1/s1. The number of aldehydes is 1. The molecule has 4 aliphatic carbocycles. The average Bonchev–Trinajstić information content (AvgIpc) is 3.11. The topological polar surface area (TPSA) is 37.3 Å². The molecule has 2 nitrogen and oxygen atoms in total. The summed E-state index contributed by atoms with van der Waals surface area (Å²) in [6.45, 7) is 14.5. The lowest BCUT2D eigenvalue weighted by molar-refractivity contribution is -0.129. The number of fused-ring (bicyclic) bond motifs is 5. The summed E-state index contributed by atoms with van der Waals surface area (Å²) in [5, 5.41) is 10.5. The van der Waals surface area contributed by atoms with Crippen LogP contribution in [0.1, 0.15) is 99.3 Å². The zero-order valence-electron chi connectivity index (χ0n) is 21.6. The fraction of sp³-hybridized carbons (Fsp3) is 0.833. The molecule has 3 fully saturated rings. The van der Waals surface area contributed by atoms with Crippen molar-refractivity contribution >= 4 is 6.29 Å². The summed E-state index contributed by atoms with van der Waals surface area (Å²) in [5.41, 5.74) is 4.01. The van der Waals surface area contributed by atoms with E-state index in [1.54, 1.807) is 11.1 Å². The van der Waals surface area contributed by atoms with Crippen LogP contribution in [0.4, 0.5) is 0 Å². The van der Waals surface area contributed by atoms with Gasteiger partial charge in [-0.1, -0.05) is 57.9 Å². The summed E-state index contributed by atoms with van der Waals surface area (Å²) in [7, 11) is 0. The number of allylic oxidation sites excluding steroid dienone is 4. The van der Waals surface area contributed by atoms with Gasteiger partial charge in [0, 0.05) is 5.92 Å². The number of aliphatic hydroxyl groups is 1. The van der Waals surface area contributed by atoms with E-state index < -0.39 is 6.10 Å². The summed E-state index contributed by atoms with van der Waals surface area (Å²) in [4.78, 5) is 11.9. The number of aliphatic hydroxyl groups excluding tert-OH is 1. The first kappa shape index (κ1) is 24.2. The Hall–Kier alpha value is -0.890. The highest BCUT2D eigenvalue weighted by Gasteiger charge is 2.59. The van der Waals surface area contributed by atoms with E-state index in [4.69, 9.17) is 0 Å². The van der Waals surface area contributed by atoms with E-state index >= 15 is 0 Å². The molecule has 0 aromatic rings. The van der Waals surface area contributed by atoms with Crippen molar-refractivity contribution < 1.29 is 9.90 Å². The van der Waals surface area contributed by atoms with Gasteiger partial charge in [-0.15, -0.1) is 0 Å². The summed E-state index contributed by atoms with van der Waals surface area (Å²) in [5.74, 6) is 3.80. The molecule has 32 heavy (non-hydrogen) atoms. The quantitative estimate of drug-likeness (QED) is 0.346. The minimum atomic E-state index is -0.431. The van der Waals surface area contributed by atoms with Crippen LogP contribution >= 0.6 is 0 Å². The van der Waals surface area contributed by atoms with Crippen molar-refractivity contribution in [1.29, 1.82) is 0 Å². The minimum absolute atomic E-state index is 0.169. The van der Waals surface area contributed by atoms with Crippen LogP contribution < -0.4 is 0 Å². The molecule has 4 unspecified atom stereocenters. The molecule has 1 N–H and O–H groups in total. The molecule has 180 valence electrons. The van der Waals surface area contributed by atoms with E-state index in [0.29, 0.717) is 23.2 Å². The predicted octanol–water partition coefficient (Wildman–Crippen LogP) is 7.37. The molecule has 0 aromatic carbocycles. The average molecular weight is 441 g/mol. The Morgan fingerprint density at radius 2 is 1.78 bits per heavy atom. The lowest BCUT2D eigenvalue weighted by Gasteiger charge is -2.59. The molecule has 0 spiro atoms. The monoisotopic (exact) mass is 440 g/mol. The summed E-state index contributed by atoms with van der Waals surface area (Å²) in [6, 6.07) is 0. The Morgan fingerprint density at radius 3 is 2.44 bits per heavy atom. The Morgan fingerprint density at radius 1 is 1.09 bits per heavy atom. The Bertz CT molecular complexity index is 763. The Kier molecular flexibility index (Phi) is 6.85. The van der Waals surface area contributed by atoms with Crippen LogP contribution in [0.25, 0.3) is 0 Å². The lowest BCUT2D eigenvalue weighted by atomic mass is 9.46. The third-order valence-corrected chi connectivity index (χ3v) is 11.2. The first-order chi connectivity index (χ1) is 15.2. The van der Waals surface area contributed by atoms with Crippen molar-refractivity contribution in [3.05, 3.63) is 23.3 Å². The van der Waals surface area contributed by atoms with Crippen LogP contribution in [-0.4, -0.2) is 17.5 Å². The highest BCUT2D eigenvalue weighted by atomic mass is 16.3. The van der Waals surface area contributed by atoms with Gasteiger partial charge in [0.1, 0.15) is 6.29 Å². The molecule has 9 atom stereocenters. The van der Waals surface area contributed by atoms with Crippen molar-refractivity contribution in [3.63, 3.8) is 0 Å². The van der Waals surface area contributed by atoms with E-state index in [9.17, 15) is 9.90 Å². The molecule has 3 saturated carbocycles. The summed E-state index contributed by atoms with van der Waals surface area (Å²) < 4.78 is 0. The van der Waals surface area contributed by atoms with Gasteiger partial charge in [-0.2, -0.15) is 0 Å². The Balaban J connectivity index is 1.53. The van der Waals surface area contributed by atoms with Gasteiger partial charge in [0.25, 0.3) is 0 Å². The molecule has 0 heterocycles. The van der Waals surface area contributed by atoms with Gasteiger partial charge in [0.2, 0.25) is 0 Å². The molecular formula is C30H48O2. The second kappa shape index (κ2) is 9.05. The molecule has 2 heteroatoms. The molecule has 0 radical (unpaired) electrons. The fourth-order valence-electron chi connectivity index (χ4n) is 9.18. The maximum absolute atomic E-state index is 11.9. The predicted molar refractivity (Wildman–Crippen MR) is 133 cm³/mol. The van der Waals surface area contributed by atoms with Gasteiger partial charge < -0.3 is 9.90 Å². The molecule has 0 amide bonds. The zero-order chi connectivity index (χ0) is 23.3. The molecule has 0 aromatic heterocycles. The van der Waals surface area contributed by atoms with E-state index in [-0.39, 0.29) is 11.3 Å². The molecule has 0 aliphatic heterocycles. The number of rotatable bonds is 6. The van der Waals surface area contributed by atoms with E-state index in [1.807, 2.05) is 0 Å². The van der Waals surface area contributed by atoms with Gasteiger partial charge in [0.15, 0.2) is 0 Å². The molecular weight excluding hydrogens is 392 g/mol. The van der Waals surface area contributed by atoms with Crippen molar-refractivity contribution in [3.8, 4) is 0 Å². The smallest absolute Gasteiger partial charge is 0.125 e. The first-order valence-electron chi connectivity index (χ1n) is 13.7. The van der Waals surface area contributed by atoms with Gasteiger partial charge >= 0.3 is 0 Å². The molecule has 4 aliphatic rings. The van der Waals surface area contributed by atoms with Gasteiger partial charge in [-0.05, 0) is 111 Å².